The third kappa shape index (κ3) is 3.17. The fraction of sp³-hybridized carbons (Fsp3) is 0.143. The molecule has 6 heteroatoms. The molecule has 27 heavy (non-hydrogen) atoms. The van der Waals surface area contributed by atoms with E-state index < -0.39 is 0 Å². The Morgan fingerprint density at radius 1 is 1.07 bits per heavy atom. The van der Waals surface area contributed by atoms with E-state index in [0.29, 0.717) is 18.1 Å². The van der Waals surface area contributed by atoms with Gasteiger partial charge in [-0.25, -0.2) is 0 Å². The maximum atomic E-state index is 8.40. The van der Waals surface area contributed by atoms with Crippen LogP contribution in [0.2, 0.25) is 0 Å². The fourth-order valence-corrected chi connectivity index (χ4v) is 3.13. The van der Waals surface area contributed by atoms with Crippen molar-refractivity contribution >= 4 is 17.6 Å². The molecule has 1 N–H and O–H groups in total. The number of amidine groups is 1. The van der Waals surface area contributed by atoms with Crippen LogP contribution in [-0.2, 0) is 0 Å². The van der Waals surface area contributed by atoms with E-state index in [1.165, 1.54) is 0 Å². The summed E-state index contributed by atoms with van der Waals surface area (Å²) in [6.45, 7) is 4.49. The summed E-state index contributed by atoms with van der Waals surface area (Å²) in [4.78, 5) is 6.62. The molecule has 2 heterocycles. The Labute approximate surface area is 157 Å². The Morgan fingerprint density at radius 2 is 1.78 bits per heavy atom. The molecule has 0 saturated carbocycles. The van der Waals surface area contributed by atoms with Gasteiger partial charge in [-0.2, -0.15) is 0 Å². The molecule has 1 unspecified atom stereocenters. The summed E-state index contributed by atoms with van der Waals surface area (Å²) in [5.74, 6) is 0.939. The molecule has 6 nitrogen and oxygen atoms in total. The molecule has 1 atom stereocenters. The standard InChI is InChI=1S/C21H19N5O/c1-3-14-9-7-8-12-16(14)17-13-26(2)19(22)18(23-17)21-25-24-20(27-21)15-10-5-4-6-11-15/h3-12,17,22H,1,13H2,2H3. The van der Waals surface area contributed by atoms with Gasteiger partial charge in [-0.15, -0.1) is 10.2 Å². The van der Waals surface area contributed by atoms with E-state index in [-0.39, 0.29) is 17.8 Å². The highest BCUT2D eigenvalue weighted by molar-refractivity contribution is 6.45. The highest BCUT2D eigenvalue weighted by atomic mass is 16.4. The topological polar surface area (TPSA) is 78.4 Å². The van der Waals surface area contributed by atoms with Gasteiger partial charge in [-0.1, -0.05) is 55.1 Å². The van der Waals surface area contributed by atoms with Crippen molar-refractivity contribution < 1.29 is 4.42 Å². The summed E-state index contributed by atoms with van der Waals surface area (Å²) in [7, 11) is 1.87. The Kier molecular flexibility index (Phi) is 4.38. The van der Waals surface area contributed by atoms with Gasteiger partial charge < -0.3 is 9.32 Å². The second-order valence-corrected chi connectivity index (χ2v) is 6.33. The molecule has 0 amide bonds. The summed E-state index contributed by atoms with van der Waals surface area (Å²) in [5.41, 5.74) is 3.33. The number of nitrogens with one attached hydrogen (secondary N) is 1. The minimum absolute atomic E-state index is 0.139. The molecule has 134 valence electrons. The highest BCUT2D eigenvalue weighted by Crippen LogP contribution is 2.28. The lowest BCUT2D eigenvalue weighted by atomic mass is 9.98. The van der Waals surface area contributed by atoms with E-state index in [2.05, 4.69) is 16.8 Å². The summed E-state index contributed by atoms with van der Waals surface area (Å²) < 4.78 is 5.83. The van der Waals surface area contributed by atoms with E-state index >= 15 is 0 Å². The van der Waals surface area contributed by atoms with Crippen molar-refractivity contribution in [2.45, 2.75) is 6.04 Å². The molecular formula is C21H19N5O. The molecule has 1 aromatic heterocycles. The van der Waals surface area contributed by atoms with Gasteiger partial charge >= 0.3 is 0 Å². The zero-order chi connectivity index (χ0) is 18.8. The van der Waals surface area contributed by atoms with Gasteiger partial charge in [0.2, 0.25) is 5.89 Å². The van der Waals surface area contributed by atoms with Crippen molar-refractivity contribution in [3.05, 3.63) is 78.2 Å². The van der Waals surface area contributed by atoms with E-state index in [9.17, 15) is 0 Å². The van der Waals surface area contributed by atoms with E-state index in [4.69, 9.17) is 14.8 Å². The third-order valence-electron chi connectivity index (χ3n) is 4.56. The van der Waals surface area contributed by atoms with Crippen LogP contribution in [-0.4, -0.2) is 40.2 Å². The molecule has 0 saturated heterocycles. The number of aromatic nitrogens is 2. The van der Waals surface area contributed by atoms with Crippen LogP contribution in [0.4, 0.5) is 0 Å². The molecule has 0 radical (unpaired) electrons. The monoisotopic (exact) mass is 357 g/mol. The molecule has 1 aliphatic rings. The van der Waals surface area contributed by atoms with Crippen molar-refractivity contribution in [1.29, 1.82) is 5.41 Å². The summed E-state index contributed by atoms with van der Waals surface area (Å²) >= 11 is 0. The van der Waals surface area contributed by atoms with Crippen molar-refractivity contribution in [1.82, 2.24) is 15.1 Å². The summed E-state index contributed by atoms with van der Waals surface area (Å²) in [5, 5.41) is 16.7. The van der Waals surface area contributed by atoms with Gasteiger partial charge in [0.1, 0.15) is 0 Å². The molecule has 4 rings (SSSR count). The molecule has 1 aliphatic heterocycles. The van der Waals surface area contributed by atoms with Crippen molar-refractivity contribution in [3.8, 4) is 11.5 Å². The molecule has 2 aromatic carbocycles. The lowest BCUT2D eigenvalue weighted by Gasteiger charge is -2.30. The first-order valence-corrected chi connectivity index (χ1v) is 8.66. The minimum Gasteiger partial charge on any atom is -0.414 e. The van der Waals surface area contributed by atoms with Gasteiger partial charge in [0.15, 0.2) is 11.5 Å². The molecule has 0 spiro atoms. The molecule has 0 fully saturated rings. The van der Waals surface area contributed by atoms with Crippen LogP contribution < -0.4 is 0 Å². The lowest BCUT2D eigenvalue weighted by molar-refractivity contribution is 0.443. The number of aliphatic imine (C=N–C) groups is 1. The third-order valence-corrected chi connectivity index (χ3v) is 4.56. The first-order valence-electron chi connectivity index (χ1n) is 8.66. The number of rotatable bonds is 4. The molecule has 3 aromatic rings. The second kappa shape index (κ2) is 6.99. The van der Waals surface area contributed by atoms with Gasteiger partial charge in [0.25, 0.3) is 5.89 Å². The van der Waals surface area contributed by atoms with Crippen LogP contribution >= 0.6 is 0 Å². The normalized spacial score (nSPS) is 16.9. The largest absolute Gasteiger partial charge is 0.414 e. The van der Waals surface area contributed by atoms with Crippen molar-refractivity contribution in [3.63, 3.8) is 0 Å². The van der Waals surface area contributed by atoms with Gasteiger partial charge in [-0.3, -0.25) is 10.4 Å². The molecular weight excluding hydrogens is 338 g/mol. The van der Waals surface area contributed by atoms with Crippen LogP contribution in [0.3, 0.4) is 0 Å². The molecule has 0 bridgehead atoms. The Morgan fingerprint density at radius 3 is 2.56 bits per heavy atom. The number of hydrogen-bond acceptors (Lipinski definition) is 5. The van der Waals surface area contributed by atoms with Gasteiger partial charge in [0.05, 0.1) is 6.04 Å². The van der Waals surface area contributed by atoms with E-state index in [1.807, 2.05) is 72.6 Å². The maximum Gasteiger partial charge on any atom is 0.270 e. The van der Waals surface area contributed by atoms with Crippen LogP contribution in [0.15, 0.2) is 70.6 Å². The lowest BCUT2D eigenvalue weighted by Crippen LogP contribution is -2.40. The zero-order valence-electron chi connectivity index (χ0n) is 15.0. The Bertz CT molecular complexity index is 1020. The smallest absolute Gasteiger partial charge is 0.270 e. The van der Waals surface area contributed by atoms with Crippen LogP contribution in [0.5, 0.6) is 0 Å². The summed E-state index contributed by atoms with van der Waals surface area (Å²) in [6, 6.07) is 17.4. The number of nitrogens with zero attached hydrogens (tertiary/aromatic N) is 4. The molecule has 0 aliphatic carbocycles. The second-order valence-electron chi connectivity index (χ2n) is 6.33. The predicted molar refractivity (Wildman–Crippen MR) is 106 cm³/mol. The average Bonchev–Trinajstić information content (AvgIpc) is 3.20. The van der Waals surface area contributed by atoms with Crippen molar-refractivity contribution in [2.75, 3.05) is 13.6 Å². The predicted octanol–water partition coefficient (Wildman–Crippen LogP) is 3.83. The minimum atomic E-state index is -0.139. The van der Waals surface area contributed by atoms with E-state index in [0.717, 1.165) is 16.7 Å². The van der Waals surface area contributed by atoms with Crippen LogP contribution in [0, 0.1) is 5.41 Å². The number of hydrogen-bond donors (Lipinski definition) is 1. The van der Waals surface area contributed by atoms with Crippen LogP contribution in [0.1, 0.15) is 23.1 Å². The van der Waals surface area contributed by atoms with Crippen molar-refractivity contribution in [2.24, 2.45) is 4.99 Å². The Hall–Kier alpha value is -3.54. The first kappa shape index (κ1) is 16.9. The van der Waals surface area contributed by atoms with Crippen LogP contribution in [0.25, 0.3) is 17.5 Å². The van der Waals surface area contributed by atoms with Gasteiger partial charge in [0, 0.05) is 19.2 Å². The van der Waals surface area contributed by atoms with Gasteiger partial charge in [-0.05, 0) is 23.3 Å². The fourth-order valence-electron chi connectivity index (χ4n) is 3.13. The number of benzene rings is 2. The SMILES string of the molecule is C=Cc1ccccc1C1CN(C)C(=N)C(c2nnc(-c3ccccc3)o2)=N1. The zero-order valence-corrected chi connectivity index (χ0v) is 15.0. The quantitative estimate of drug-likeness (QED) is 0.770. The van der Waals surface area contributed by atoms with E-state index in [1.54, 1.807) is 0 Å². The average molecular weight is 357 g/mol. The highest BCUT2D eigenvalue weighted by Gasteiger charge is 2.29. The first-order chi connectivity index (χ1) is 13.2. The maximum absolute atomic E-state index is 8.40. The summed E-state index contributed by atoms with van der Waals surface area (Å²) in [6.07, 6.45) is 1.82. The number of likely N-dealkylation sites (N-methyl/N-ethyl adjacent to an activating group) is 1. The Balaban J connectivity index is 1.74.